The van der Waals surface area contributed by atoms with Crippen LogP contribution in [0.25, 0.3) is 28.2 Å². The Morgan fingerprint density at radius 3 is 2.33 bits per heavy atom. The van der Waals surface area contributed by atoms with Crippen LogP contribution in [0.4, 0.5) is 10.2 Å². The molecule has 396 valence electrons. The van der Waals surface area contributed by atoms with Crippen molar-refractivity contribution in [1.82, 2.24) is 45.2 Å². The molecule has 0 bridgehead atoms. The van der Waals surface area contributed by atoms with Gasteiger partial charge in [-0.05, 0) is 125 Å². The van der Waals surface area contributed by atoms with Gasteiger partial charge >= 0.3 is 5.97 Å². The van der Waals surface area contributed by atoms with Crippen LogP contribution in [0.2, 0.25) is 10.0 Å². The monoisotopic (exact) mass is 1060 g/mol. The maximum absolute atomic E-state index is 16.0. The van der Waals surface area contributed by atoms with Crippen molar-refractivity contribution in [3.63, 3.8) is 0 Å². The molecule has 75 heavy (non-hydrogen) atoms. The van der Waals surface area contributed by atoms with Crippen molar-refractivity contribution < 1.29 is 38.5 Å². The van der Waals surface area contributed by atoms with Crippen LogP contribution in [0.5, 0.6) is 11.5 Å². The molecule has 1 atom stereocenters. The van der Waals surface area contributed by atoms with Crippen molar-refractivity contribution in [3.8, 4) is 39.7 Å². The van der Waals surface area contributed by atoms with E-state index in [-0.39, 0.29) is 82.8 Å². The highest BCUT2D eigenvalue weighted by Gasteiger charge is 2.33. The predicted molar refractivity (Wildman–Crippen MR) is 285 cm³/mol. The number of hydrogen-bond acceptors (Lipinski definition) is 12. The molecule has 6 N–H and O–H groups in total. The number of piperidine rings is 2. The number of ether oxygens (including phenoxy) is 1. The van der Waals surface area contributed by atoms with E-state index in [0.717, 1.165) is 0 Å². The molecule has 5 heterocycles. The van der Waals surface area contributed by atoms with Gasteiger partial charge in [0.05, 0.1) is 22.3 Å². The van der Waals surface area contributed by atoms with E-state index in [1.807, 2.05) is 38.7 Å². The number of benzene rings is 3. The Labute approximate surface area is 445 Å². The third-order valence-corrected chi connectivity index (χ3v) is 14.3. The van der Waals surface area contributed by atoms with E-state index in [1.54, 1.807) is 67.8 Å². The fourth-order valence-electron chi connectivity index (χ4n) is 9.69. The van der Waals surface area contributed by atoms with E-state index in [2.05, 4.69) is 41.0 Å². The number of nitrogens with zero attached hydrogens (tertiary/aromatic N) is 6. The highest BCUT2D eigenvalue weighted by Crippen LogP contribution is 2.39. The minimum absolute atomic E-state index is 0.0203. The van der Waals surface area contributed by atoms with Gasteiger partial charge in [-0.2, -0.15) is 0 Å². The number of aromatic nitrogens is 5. The highest BCUT2D eigenvalue weighted by molar-refractivity contribution is 6.33. The lowest BCUT2D eigenvalue weighted by Crippen LogP contribution is -2.45. The smallest absolute Gasteiger partial charge is 0.306 e. The van der Waals surface area contributed by atoms with Gasteiger partial charge < -0.3 is 40.8 Å². The second-order valence-electron chi connectivity index (χ2n) is 19.8. The van der Waals surface area contributed by atoms with Gasteiger partial charge in [0.15, 0.2) is 5.82 Å². The third-order valence-electron chi connectivity index (χ3n) is 13.7. The number of phenolic OH excluding ortho intramolecular Hbond substituents is 2. The molecule has 8 rings (SSSR count). The minimum atomic E-state index is -0.703. The van der Waals surface area contributed by atoms with Crippen LogP contribution in [0.15, 0.2) is 79.1 Å². The topological polar surface area (TPSA) is 220 Å². The average Bonchev–Trinajstić information content (AvgIpc) is 4.06. The summed E-state index contributed by atoms with van der Waals surface area (Å²) in [5, 5.41) is 39.6. The maximum atomic E-state index is 16.0. The molecule has 0 spiro atoms. The molecular weight excluding hydrogens is 1000 g/mol. The zero-order valence-electron chi connectivity index (χ0n) is 42.6. The molecule has 2 saturated heterocycles. The Balaban J connectivity index is 0.821. The van der Waals surface area contributed by atoms with Gasteiger partial charge in [0.1, 0.15) is 35.4 Å². The zero-order valence-corrected chi connectivity index (χ0v) is 44.1. The van der Waals surface area contributed by atoms with Gasteiger partial charge in [-0.1, -0.05) is 55.2 Å². The van der Waals surface area contributed by atoms with Crippen LogP contribution in [-0.4, -0.2) is 114 Å². The lowest BCUT2D eigenvalue weighted by atomic mass is 9.90. The SMILES string of the molecule is CCNC(=O)c1nnc(-c2cc(C(C)C)c(O)cc2O)n1-c1ccc(CN2CCC(C(=O)N3CCC(CC(=O)OCC(NC(=O)c4cc(-c5cc(NC(C)C)ncc5Cl)c[nH]4)c4cccc(Cl)c4)CC3)CC2)c(F)c1. The van der Waals surface area contributed by atoms with Crippen LogP contribution in [0.3, 0.4) is 0 Å². The van der Waals surface area contributed by atoms with Crippen molar-refractivity contribution in [2.24, 2.45) is 11.8 Å². The number of pyridine rings is 1. The number of amides is 3. The van der Waals surface area contributed by atoms with Crippen LogP contribution in [-0.2, 0) is 20.9 Å². The van der Waals surface area contributed by atoms with Crippen LogP contribution < -0.4 is 16.0 Å². The molecule has 0 radical (unpaired) electrons. The fraction of sp³-hybridized carbons (Fsp3) is 0.400. The van der Waals surface area contributed by atoms with Crippen molar-refractivity contribution in [2.75, 3.05) is 44.6 Å². The molecule has 1 unspecified atom stereocenters. The van der Waals surface area contributed by atoms with Gasteiger partial charge in [0, 0.05) is 84.7 Å². The van der Waals surface area contributed by atoms with Gasteiger partial charge in [-0.15, -0.1) is 10.2 Å². The number of hydrogen-bond donors (Lipinski definition) is 6. The lowest BCUT2D eigenvalue weighted by molar-refractivity contribution is -0.146. The van der Waals surface area contributed by atoms with E-state index >= 15 is 4.39 Å². The molecular formula is C55H63Cl2FN10O7. The zero-order chi connectivity index (χ0) is 53.5. The highest BCUT2D eigenvalue weighted by atomic mass is 35.5. The Morgan fingerprint density at radius 2 is 1.64 bits per heavy atom. The summed E-state index contributed by atoms with van der Waals surface area (Å²) >= 11 is 12.8. The van der Waals surface area contributed by atoms with E-state index in [0.29, 0.717) is 109 Å². The Hall–Kier alpha value is -7.02. The normalized spacial score (nSPS) is 15.0. The summed E-state index contributed by atoms with van der Waals surface area (Å²) in [4.78, 5) is 65.2. The predicted octanol–water partition coefficient (Wildman–Crippen LogP) is 9.43. The number of esters is 1. The summed E-state index contributed by atoms with van der Waals surface area (Å²) < 4.78 is 23.2. The second kappa shape index (κ2) is 24.1. The number of anilines is 1. The van der Waals surface area contributed by atoms with Crippen molar-refractivity contribution >= 4 is 52.7 Å². The van der Waals surface area contributed by atoms with Gasteiger partial charge in [-0.3, -0.25) is 28.6 Å². The summed E-state index contributed by atoms with van der Waals surface area (Å²) in [6, 6.07) is 17.5. The van der Waals surface area contributed by atoms with Crippen molar-refractivity contribution in [3.05, 3.63) is 123 Å². The van der Waals surface area contributed by atoms with Crippen molar-refractivity contribution in [2.45, 2.75) is 91.3 Å². The van der Waals surface area contributed by atoms with Crippen LogP contribution in [0.1, 0.15) is 116 Å². The Bertz CT molecular complexity index is 3040. The number of rotatable bonds is 18. The number of carbonyl (C=O) groups excluding carboxylic acids is 4. The first-order chi connectivity index (χ1) is 36.0. The number of phenols is 2. The number of aromatic amines is 1. The number of H-pyrrole nitrogens is 1. The number of nitrogens with one attached hydrogen (secondary N) is 4. The molecule has 2 aliphatic rings. The number of likely N-dealkylation sites (tertiary alicyclic amines) is 2. The van der Waals surface area contributed by atoms with E-state index in [1.165, 1.54) is 16.7 Å². The second-order valence-corrected chi connectivity index (χ2v) is 20.7. The molecule has 20 heteroatoms. The molecule has 0 saturated carbocycles. The first-order valence-corrected chi connectivity index (χ1v) is 26.1. The van der Waals surface area contributed by atoms with E-state index < -0.39 is 29.6 Å². The number of aromatic hydroxyl groups is 2. The molecule has 3 aromatic heterocycles. The first kappa shape index (κ1) is 54.2. The Morgan fingerprint density at radius 1 is 0.880 bits per heavy atom. The molecule has 6 aromatic rings. The summed E-state index contributed by atoms with van der Waals surface area (Å²) in [5.74, 6) is -1.72. The summed E-state index contributed by atoms with van der Waals surface area (Å²) in [5.41, 5.74) is 3.83. The van der Waals surface area contributed by atoms with Crippen molar-refractivity contribution in [1.29, 1.82) is 0 Å². The summed E-state index contributed by atoms with van der Waals surface area (Å²) in [7, 11) is 0. The van der Waals surface area contributed by atoms with E-state index in [4.69, 9.17) is 27.9 Å². The standard InChI is InChI=1S/C55H63Cl2FN10O7/c1-6-59-54(73)52-65-64-51(42-24-40(31(2)3)47(69)26-48(42)70)68(52)39-11-10-36(44(58)23-39)29-66-16-14-34(15-17-66)55(74)67-18-12-33(13-19-67)20-50(71)75-30-46(35-8-7-9-38(56)21-35)63-53(72)45-22-37(27-60-45)41-25-49(62-32(4)5)61-28-43(41)57/h7-11,21-28,31-34,46,60,69-70H,6,12-20,29-30H2,1-5H3,(H,59,73)(H,61,62)(H,63,72). The van der Waals surface area contributed by atoms with Crippen LogP contribution >= 0.6 is 23.2 Å². The van der Waals surface area contributed by atoms with Crippen LogP contribution in [0, 0.1) is 17.7 Å². The first-order valence-electron chi connectivity index (χ1n) is 25.4. The average molecular weight is 1070 g/mol. The molecule has 2 aliphatic heterocycles. The quantitative estimate of drug-likeness (QED) is 0.0444. The molecule has 3 amide bonds. The summed E-state index contributed by atoms with van der Waals surface area (Å²) in [6.07, 6.45) is 5.95. The van der Waals surface area contributed by atoms with E-state index in [9.17, 15) is 29.4 Å². The minimum Gasteiger partial charge on any atom is -0.508 e. The number of halogens is 3. The lowest BCUT2D eigenvalue weighted by Gasteiger charge is -2.37. The number of carbonyl (C=O) groups is 4. The fourth-order valence-corrected chi connectivity index (χ4v) is 10.1. The molecule has 17 nitrogen and oxygen atoms in total. The molecule has 0 aliphatic carbocycles. The van der Waals surface area contributed by atoms with Gasteiger partial charge in [-0.25, -0.2) is 9.37 Å². The largest absolute Gasteiger partial charge is 0.508 e. The molecule has 2 fully saturated rings. The maximum Gasteiger partial charge on any atom is 0.306 e. The third kappa shape index (κ3) is 13.1. The summed E-state index contributed by atoms with van der Waals surface area (Å²) in [6.45, 7) is 12.3. The molecule has 3 aromatic carbocycles. The van der Waals surface area contributed by atoms with Gasteiger partial charge in [0.25, 0.3) is 11.8 Å². The Kier molecular flexibility index (Phi) is 17.4. The van der Waals surface area contributed by atoms with Gasteiger partial charge in [0.2, 0.25) is 11.7 Å².